The molecule has 0 radical (unpaired) electrons. The van der Waals surface area contributed by atoms with Gasteiger partial charge in [0.2, 0.25) is 0 Å². The molecule has 140 valence electrons. The number of nitrogens with one attached hydrogen (secondary N) is 1. The number of rotatable bonds is 9. The molecule has 0 aliphatic rings. The number of amides is 1. The lowest BCUT2D eigenvalue weighted by molar-refractivity contribution is 0.0905. The molecule has 26 heavy (non-hydrogen) atoms. The van der Waals surface area contributed by atoms with Gasteiger partial charge in [-0.2, -0.15) is 0 Å². The molecule has 5 nitrogen and oxygen atoms in total. The highest BCUT2D eigenvalue weighted by atomic mass is 16.5. The number of carbonyl (C=O) groups is 1. The molecule has 0 heterocycles. The van der Waals surface area contributed by atoms with Gasteiger partial charge < -0.3 is 19.5 Å². The topological polar surface area (TPSA) is 56.8 Å². The van der Waals surface area contributed by atoms with Crippen LogP contribution < -0.4 is 14.8 Å². The molecule has 0 spiro atoms. The Hall–Kier alpha value is -2.53. The molecule has 0 aliphatic heterocycles. The third-order valence-corrected chi connectivity index (χ3v) is 3.83. The molecule has 0 unspecified atom stereocenters. The molecule has 1 amide bonds. The van der Waals surface area contributed by atoms with Crippen molar-refractivity contribution in [3.05, 3.63) is 59.2 Å². The minimum Gasteiger partial charge on any atom is -0.493 e. The molecule has 2 rings (SSSR count). The number of aryl methyl sites for hydroxylation is 1. The average molecular weight is 357 g/mol. The van der Waals surface area contributed by atoms with Gasteiger partial charge >= 0.3 is 0 Å². The molecule has 1 atom stereocenters. The molecule has 0 fully saturated rings. The summed E-state index contributed by atoms with van der Waals surface area (Å²) in [4.78, 5) is 12.4. The summed E-state index contributed by atoms with van der Waals surface area (Å²) in [5.74, 6) is 1.36. The van der Waals surface area contributed by atoms with Gasteiger partial charge in [0.15, 0.2) is 0 Å². The largest absolute Gasteiger partial charge is 0.493 e. The van der Waals surface area contributed by atoms with E-state index in [0.29, 0.717) is 25.4 Å². The summed E-state index contributed by atoms with van der Waals surface area (Å²) in [5.41, 5.74) is 2.58. The Labute approximate surface area is 155 Å². The van der Waals surface area contributed by atoms with Gasteiger partial charge in [0, 0.05) is 24.3 Å². The second-order valence-electron chi connectivity index (χ2n) is 6.19. The predicted molar refractivity (Wildman–Crippen MR) is 102 cm³/mol. The van der Waals surface area contributed by atoms with Gasteiger partial charge in [-0.05, 0) is 51.1 Å². The molecular weight excluding hydrogens is 330 g/mol. The Bertz CT molecular complexity index is 712. The molecule has 2 aromatic carbocycles. The summed E-state index contributed by atoms with van der Waals surface area (Å²) < 4.78 is 16.6. The summed E-state index contributed by atoms with van der Waals surface area (Å²) in [6.45, 7) is 7.20. The van der Waals surface area contributed by atoms with E-state index in [0.717, 1.165) is 17.1 Å². The third kappa shape index (κ3) is 5.77. The van der Waals surface area contributed by atoms with Crippen molar-refractivity contribution in [1.82, 2.24) is 5.32 Å². The highest BCUT2D eigenvalue weighted by Crippen LogP contribution is 2.23. The van der Waals surface area contributed by atoms with Gasteiger partial charge in [0.25, 0.3) is 5.91 Å². The molecule has 2 aromatic rings. The van der Waals surface area contributed by atoms with Crippen molar-refractivity contribution >= 4 is 5.91 Å². The monoisotopic (exact) mass is 357 g/mol. The number of methoxy groups -OCH3 is 1. The number of ether oxygens (including phenoxy) is 3. The Morgan fingerprint density at radius 1 is 1.12 bits per heavy atom. The zero-order valence-corrected chi connectivity index (χ0v) is 15.9. The van der Waals surface area contributed by atoms with E-state index in [1.54, 1.807) is 13.2 Å². The fourth-order valence-corrected chi connectivity index (χ4v) is 2.52. The molecule has 0 aromatic heterocycles. The van der Waals surface area contributed by atoms with E-state index >= 15 is 0 Å². The minimum absolute atomic E-state index is 0.0636. The Balaban J connectivity index is 2.13. The molecule has 5 heteroatoms. The Morgan fingerprint density at radius 3 is 2.50 bits per heavy atom. The van der Waals surface area contributed by atoms with E-state index in [9.17, 15) is 4.79 Å². The van der Waals surface area contributed by atoms with Crippen molar-refractivity contribution in [1.29, 1.82) is 0 Å². The van der Waals surface area contributed by atoms with Crippen LogP contribution in [0.3, 0.4) is 0 Å². The number of hydrogen-bond acceptors (Lipinski definition) is 4. The van der Waals surface area contributed by atoms with Crippen LogP contribution in [0.15, 0.2) is 42.5 Å². The van der Waals surface area contributed by atoms with E-state index in [-0.39, 0.29) is 11.9 Å². The number of carbonyl (C=O) groups excluding carboxylic acids is 1. The maximum atomic E-state index is 12.4. The molecule has 1 N–H and O–H groups in total. The summed E-state index contributed by atoms with van der Waals surface area (Å²) in [6.07, 6.45) is 0. The van der Waals surface area contributed by atoms with Gasteiger partial charge in [-0.15, -0.1) is 0 Å². The maximum absolute atomic E-state index is 12.4. The minimum atomic E-state index is -0.144. The van der Waals surface area contributed by atoms with E-state index in [4.69, 9.17) is 14.2 Å². The first kappa shape index (κ1) is 19.8. The van der Waals surface area contributed by atoms with Crippen molar-refractivity contribution in [3.63, 3.8) is 0 Å². The van der Waals surface area contributed by atoms with Crippen molar-refractivity contribution < 1.29 is 19.0 Å². The summed E-state index contributed by atoms with van der Waals surface area (Å²) >= 11 is 0. The maximum Gasteiger partial charge on any atom is 0.251 e. The van der Waals surface area contributed by atoms with E-state index in [1.165, 1.54) is 5.56 Å². The van der Waals surface area contributed by atoms with Crippen molar-refractivity contribution in [2.24, 2.45) is 0 Å². The zero-order valence-electron chi connectivity index (χ0n) is 15.9. The number of benzene rings is 2. The van der Waals surface area contributed by atoms with Crippen molar-refractivity contribution in [2.75, 3.05) is 20.3 Å². The van der Waals surface area contributed by atoms with Crippen LogP contribution in [-0.4, -0.2) is 32.3 Å². The van der Waals surface area contributed by atoms with Crippen molar-refractivity contribution in [3.8, 4) is 11.5 Å². The first-order chi connectivity index (χ1) is 12.5. The van der Waals surface area contributed by atoms with Crippen molar-refractivity contribution in [2.45, 2.75) is 33.4 Å². The van der Waals surface area contributed by atoms with Gasteiger partial charge in [0.05, 0.1) is 13.2 Å². The number of hydrogen-bond donors (Lipinski definition) is 1. The SMILES string of the molecule is CCOc1ccc(C(=O)N[C@H](C)COC)cc1COc1ccc(C)cc1. The lowest BCUT2D eigenvalue weighted by Gasteiger charge is -2.15. The lowest BCUT2D eigenvalue weighted by atomic mass is 10.1. The Kier molecular flexibility index (Phi) is 7.48. The first-order valence-electron chi connectivity index (χ1n) is 8.78. The zero-order chi connectivity index (χ0) is 18.9. The second-order valence-corrected chi connectivity index (χ2v) is 6.19. The highest BCUT2D eigenvalue weighted by Gasteiger charge is 2.13. The third-order valence-electron chi connectivity index (χ3n) is 3.83. The fourth-order valence-electron chi connectivity index (χ4n) is 2.52. The highest BCUT2D eigenvalue weighted by molar-refractivity contribution is 5.94. The second kappa shape index (κ2) is 9.82. The van der Waals surface area contributed by atoms with Gasteiger partial charge in [-0.1, -0.05) is 17.7 Å². The van der Waals surface area contributed by atoms with Crippen LogP contribution in [0.2, 0.25) is 0 Å². The van der Waals surface area contributed by atoms with Crippen LogP contribution in [-0.2, 0) is 11.3 Å². The summed E-state index contributed by atoms with van der Waals surface area (Å²) in [7, 11) is 1.61. The Morgan fingerprint density at radius 2 is 1.85 bits per heavy atom. The van der Waals surface area contributed by atoms with Crippen LogP contribution >= 0.6 is 0 Å². The molecule has 0 bridgehead atoms. The molecular formula is C21H27NO4. The van der Waals surface area contributed by atoms with Crippen LogP contribution in [0.1, 0.15) is 35.3 Å². The molecule has 0 saturated heterocycles. The van der Waals surface area contributed by atoms with Gasteiger partial charge in [-0.25, -0.2) is 0 Å². The molecule has 0 aliphatic carbocycles. The lowest BCUT2D eigenvalue weighted by Crippen LogP contribution is -2.35. The van der Waals surface area contributed by atoms with Gasteiger partial charge in [-0.3, -0.25) is 4.79 Å². The van der Waals surface area contributed by atoms with E-state index in [1.807, 2.05) is 57.2 Å². The average Bonchev–Trinajstić information content (AvgIpc) is 2.62. The molecule has 0 saturated carbocycles. The smallest absolute Gasteiger partial charge is 0.251 e. The first-order valence-corrected chi connectivity index (χ1v) is 8.78. The summed E-state index contributed by atoms with van der Waals surface area (Å²) in [6, 6.07) is 13.2. The predicted octanol–water partition coefficient (Wildman–Crippen LogP) is 3.74. The van der Waals surface area contributed by atoms with Gasteiger partial charge in [0.1, 0.15) is 18.1 Å². The summed E-state index contributed by atoms with van der Waals surface area (Å²) in [5, 5.41) is 2.91. The van der Waals surface area contributed by atoms with Crippen LogP contribution in [0.25, 0.3) is 0 Å². The van der Waals surface area contributed by atoms with Crippen LogP contribution in [0.5, 0.6) is 11.5 Å². The van der Waals surface area contributed by atoms with Crippen LogP contribution in [0, 0.1) is 6.92 Å². The standard InChI is InChI=1S/C21H27NO4/c1-5-25-20-11-8-17(21(23)22-16(3)13-24-4)12-18(20)14-26-19-9-6-15(2)7-10-19/h6-12,16H,5,13-14H2,1-4H3,(H,22,23)/t16-/m1/s1. The quantitative estimate of drug-likeness (QED) is 0.743. The van der Waals surface area contributed by atoms with E-state index < -0.39 is 0 Å². The normalized spacial score (nSPS) is 11.7. The van der Waals surface area contributed by atoms with E-state index in [2.05, 4.69) is 5.32 Å². The fraction of sp³-hybridized carbons (Fsp3) is 0.381. The van der Waals surface area contributed by atoms with Crippen LogP contribution in [0.4, 0.5) is 0 Å².